The van der Waals surface area contributed by atoms with Crippen molar-refractivity contribution in [3.63, 3.8) is 0 Å². The van der Waals surface area contributed by atoms with E-state index in [9.17, 15) is 26.7 Å². The van der Waals surface area contributed by atoms with Crippen LogP contribution in [0.25, 0.3) is 11.3 Å². The highest BCUT2D eigenvalue weighted by Crippen LogP contribution is 2.33. The number of aryl methyl sites for hydroxylation is 2. The molecule has 0 aliphatic carbocycles. The first-order chi connectivity index (χ1) is 17.8. The van der Waals surface area contributed by atoms with E-state index in [-0.39, 0.29) is 23.4 Å². The molecule has 38 heavy (non-hydrogen) atoms. The quantitative estimate of drug-likeness (QED) is 0.323. The zero-order valence-electron chi connectivity index (χ0n) is 20.7. The highest BCUT2D eigenvalue weighted by Gasteiger charge is 2.34. The third kappa shape index (κ3) is 5.66. The van der Waals surface area contributed by atoms with E-state index in [4.69, 9.17) is 5.41 Å². The Labute approximate surface area is 214 Å². The maximum Gasteiger partial charge on any atom is 0.419 e. The number of carbonyl (C=O) groups excluding carboxylic acids is 1. The Hall–Kier alpha value is -4.28. The standard InChI is InChI=1S/C27H24F5N5O/c1-15-10-19(28)5-6-20(15)23-11-17(14-37-9-8-36(3)26(37)33)12-24(35-23)25(38)34-16(2)18-4-7-22(29)21(13-18)27(30,31)32/h4-13,16,33H,14H2,1-3H3,(H,34,38)/t16-/m1/s1. The molecule has 0 radical (unpaired) electrons. The number of carbonyl (C=O) groups is 1. The molecule has 0 spiro atoms. The molecular weight excluding hydrogens is 505 g/mol. The van der Waals surface area contributed by atoms with Crippen molar-refractivity contribution in [1.29, 1.82) is 5.41 Å². The van der Waals surface area contributed by atoms with Gasteiger partial charge in [0.25, 0.3) is 5.91 Å². The monoisotopic (exact) mass is 529 g/mol. The molecule has 0 fully saturated rings. The van der Waals surface area contributed by atoms with Gasteiger partial charge >= 0.3 is 6.18 Å². The van der Waals surface area contributed by atoms with Crippen molar-refractivity contribution in [1.82, 2.24) is 19.4 Å². The molecule has 1 amide bonds. The van der Waals surface area contributed by atoms with Gasteiger partial charge in [-0.25, -0.2) is 13.8 Å². The minimum absolute atomic E-state index is 0.0192. The molecule has 2 heterocycles. The van der Waals surface area contributed by atoms with Crippen molar-refractivity contribution in [2.75, 3.05) is 0 Å². The third-order valence-corrected chi connectivity index (χ3v) is 6.15. The molecule has 4 rings (SSSR count). The van der Waals surface area contributed by atoms with Gasteiger partial charge in [-0.1, -0.05) is 6.07 Å². The lowest BCUT2D eigenvalue weighted by Gasteiger charge is -2.17. The summed E-state index contributed by atoms with van der Waals surface area (Å²) in [5.41, 5.74) is 1.05. The largest absolute Gasteiger partial charge is 0.419 e. The molecule has 0 saturated heterocycles. The molecular formula is C27H24F5N5O. The Bertz CT molecular complexity index is 1570. The smallest absolute Gasteiger partial charge is 0.344 e. The zero-order chi connectivity index (χ0) is 27.8. The molecule has 198 valence electrons. The Kier molecular flexibility index (Phi) is 7.21. The lowest BCUT2D eigenvalue weighted by atomic mass is 10.0. The van der Waals surface area contributed by atoms with Gasteiger partial charge in [0, 0.05) is 25.0 Å². The predicted octanol–water partition coefficient (Wildman–Crippen LogP) is 5.51. The number of alkyl halides is 3. The van der Waals surface area contributed by atoms with Gasteiger partial charge < -0.3 is 14.5 Å². The first kappa shape index (κ1) is 26.8. The van der Waals surface area contributed by atoms with Crippen molar-refractivity contribution in [2.45, 2.75) is 32.6 Å². The normalized spacial score (nSPS) is 12.4. The van der Waals surface area contributed by atoms with Gasteiger partial charge in [-0.05, 0) is 73.0 Å². The second-order valence-corrected chi connectivity index (χ2v) is 9.00. The summed E-state index contributed by atoms with van der Waals surface area (Å²) < 4.78 is 70.2. The van der Waals surface area contributed by atoms with Crippen molar-refractivity contribution in [3.05, 3.63) is 106 Å². The van der Waals surface area contributed by atoms with E-state index in [1.165, 1.54) is 31.2 Å². The fourth-order valence-corrected chi connectivity index (χ4v) is 4.08. The second-order valence-electron chi connectivity index (χ2n) is 9.00. The van der Waals surface area contributed by atoms with Crippen LogP contribution in [0.4, 0.5) is 22.0 Å². The molecule has 0 unspecified atom stereocenters. The van der Waals surface area contributed by atoms with Crippen molar-refractivity contribution in [2.24, 2.45) is 7.05 Å². The summed E-state index contributed by atoms with van der Waals surface area (Å²) in [6.45, 7) is 3.42. The first-order valence-electron chi connectivity index (χ1n) is 11.5. The molecule has 2 aromatic heterocycles. The molecule has 4 aromatic rings. The van der Waals surface area contributed by atoms with Gasteiger partial charge in [0.2, 0.25) is 5.62 Å². The first-order valence-corrected chi connectivity index (χ1v) is 11.5. The minimum atomic E-state index is -4.88. The van der Waals surface area contributed by atoms with E-state index in [0.717, 1.165) is 0 Å². The van der Waals surface area contributed by atoms with Crippen LogP contribution in [0.5, 0.6) is 0 Å². The van der Waals surface area contributed by atoms with Gasteiger partial charge in [0.15, 0.2) is 0 Å². The number of hydrogen-bond donors (Lipinski definition) is 2. The van der Waals surface area contributed by atoms with Crippen LogP contribution in [0.1, 0.15) is 45.7 Å². The van der Waals surface area contributed by atoms with E-state index < -0.39 is 35.3 Å². The van der Waals surface area contributed by atoms with E-state index in [2.05, 4.69) is 10.3 Å². The van der Waals surface area contributed by atoms with Crippen LogP contribution in [0.3, 0.4) is 0 Å². The van der Waals surface area contributed by atoms with E-state index in [1.54, 1.807) is 47.6 Å². The summed E-state index contributed by atoms with van der Waals surface area (Å²) in [6, 6.07) is 9.08. The summed E-state index contributed by atoms with van der Waals surface area (Å²) in [6.07, 6.45) is -1.46. The van der Waals surface area contributed by atoms with Gasteiger partial charge in [0.1, 0.15) is 17.3 Å². The number of hydrogen-bond acceptors (Lipinski definition) is 3. The summed E-state index contributed by atoms with van der Waals surface area (Å²) >= 11 is 0. The summed E-state index contributed by atoms with van der Waals surface area (Å²) in [7, 11) is 1.72. The SMILES string of the molecule is Cc1cc(F)ccc1-c1cc(Cn2ccn(C)c2=N)cc(C(=O)N[C@H](C)c2ccc(F)c(C(F)(F)F)c2)n1. The van der Waals surface area contributed by atoms with Crippen molar-refractivity contribution < 1.29 is 26.7 Å². The number of halogens is 5. The lowest BCUT2D eigenvalue weighted by molar-refractivity contribution is -0.140. The van der Waals surface area contributed by atoms with Gasteiger partial charge in [-0.15, -0.1) is 0 Å². The number of benzene rings is 2. The second kappa shape index (κ2) is 10.2. The Balaban J connectivity index is 1.70. The summed E-state index contributed by atoms with van der Waals surface area (Å²) in [5, 5.41) is 10.8. The number of nitrogens with one attached hydrogen (secondary N) is 2. The molecule has 2 N–H and O–H groups in total. The Morgan fingerprint density at radius 3 is 2.45 bits per heavy atom. The predicted molar refractivity (Wildman–Crippen MR) is 130 cm³/mol. The fraction of sp³-hybridized carbons (Fsp3) is 0.222. The third-order valence-electron chi connectivity index (χ3n) is 6.15. The maximum absolute atomic E-state index is 13.7. The number of aromatic nitrogens is 3. The van der Waals surface area contributed by atoms with Crippen molar-refractivity contribution in [3.8, 4) is 11.3 Å². The van der Waals surface area contributed by atoms with Crippen LogP contribution in [-0.2, 0) is 19.8 Å². The molecule has 6 nitrogen and oxygen atoms in total. The number of nitrogens with zero attached hydrogens (tertiary/aromatic N) is 3. The average Bonchev–Trinajstić information content (AvgIpc) is 3.15. The van der Waals surface area contributed by atoms with E-state index in [0.29, 0.717) is 34.5 Å². The number of pyridine rings is 1. The van der Waals surface area contributed by atoms with Crippen LogP contribution in [0, 0.1) is 24.0 Å². The molecule has 0 aliphatic heterocycles. The number of rotatable bonds is 6. The molecule has 11 heteroatoms. The van der Waals surface area contributed by atoms with E-state index >= 15 is 0 Å². The van der Waals surface area contributed by atoms with Crippen LogP contribution in [0.15, 0.2) is 60.9 Å². The van der Waals surface area contributed by atoms with Crippen LogP contribution >= 0.6 is 0 Å². The van der Waals surface area contributed by atoms with E-state index in [1.807, 2.05) is 0 Å². The van der Waals surface area contributed by atoms with Gasteiger partial charge in [0.05, 0.1) is 23.8 Å². The Morgan fingerprint density at radius 1 is 1.08 bits per heavy atom. The number of imidazole rings is 1. The molecule has 0 bridgehead atoms. The van der Waals surface area contributed by atoms with Crippen LogP contribution in [-0.4, -0.2) is 20.0 Å². The van der Waals surface area contributed by atoms with Crippen LogP contribution in [0.2, 0.25) is 0 Å². The molecule has 1 atom stereocenters. The average molecular weight is 530 g/mol. The highest BCUT2D eigenvalue weighted by molar-refractivity contribution is 5.93. The van der Waals surface area contributed by atoms with Crippen molar-refractivity contribution >= 4 is 5.91 Å². The highest BCUT2D eigenvalue weighted by atomic mass is 19.4. The zero-order valence-corrected chi connectivity index (χ0v) is 20.7. The minimum Gasteiger partial charge on any atom is -0.344 e. The molecule has 0 aliphatic rings. The number of amides is 1. The summed E-state index contributed by atoms with van der Waals surface area (Å²) in [4.78, 5) is 17.6. The van der Waals surface area contributed by atoms with Gasteiger partial charge in [-0.3, -0.25) is 10.2 Å². The fourth-order valence-electron chi connectivity index (χ4n) is 4.08. The molecule has 2 aromatic carbocycles. The lowest BCUT2D eigenvalue weighted by Crippen LogP contribution is -2.28. The Morgan fingerprint density at radius 2 is 1.82 bits per heavy atom. The van der Waals surface area contributed by atoms with Gasteiger partial charge in [-0.2, -0.15) is 13.2 Å². The summed E-state index contributed by atoms with van der Waals surface area (Å²) in [5.74, 6) is -2.49. The maximum atomic E-state index is 13.7. The van der Waals surface area contributed by atoms with Crippen LogP contribution < -0.4 is 10.9 Å². The molecule has 0 saturated carbocycles. The topological polar surface area (TPSA) is 75.7 Å².